The van der Waals surface area contributed by atoms with Crippen LogP contribution in [-0.4, -0.2) is 23.7 Å². The van der Waals surface area contributed by atoms with Crippen LogP contribution in [0.5, 0.6) is 0 Å². The predicted molar refractivity (Wildman–Crippen MR) is 78.2 cm³/mol. The number of thiophene rings is 1. The highest BCUT2D eigenvalue weighted by Crippen LogP contribution is 2.34. The van der Waals surface area contributed by atoms with Crippen molar-refractivity contribution in [1.29, 1.82) is 0 Å². The molecule has 0 fully saturated rings. The van der Waals surface area contributed by atoms with Crippen molar-refractivity contribution >= 4 is 27.3 Å². The van der Waals surface area contributed by atoms with Crippen LogP contribution in [0, 0.1) is 6.92 Å². The predicted octanol–water partition coefficient (Wildman–Crippen LogP) is 1.71. The zero-order valence-electron chi connectivity index (χ0n) is 11.0. The summed E-state index contributed by atoms with van der Waals surface area (Å²) >= 11 is 1.73. The Morgan fingerprint density at radius 2 is 2.16 bits per heavy atom. The smallest absolute Gasteiger partial charge is 0.247 e. The van der Waals surface area contributed by atoms with E-state index in [1.165, 1.54) is 20.5 Å². The van der Waals surface area contributed by atoms with Gasteiger partial charge in [0.15, 0.2) is 0 Å². The second kappa shape index (κ2) is 5.69. The quantitative estimate of drug-likeness (QED) is 0.779. The number of nitrogens with two attached hydrogens (primary N) is 1. The van der Waals surface area contributed by atoms with Crippen molar-refractivity contribution in [2.45, 2.75) is 26.0 Å². The van der Waals surface area contributed by atoms with Crippen LogP contribution in [-0.2, 0) is 4.79 Å². The number of carbonyl (C=O) groups is 1. The third-order valence-electron chi connectivity index (χ3n) is 3.22. The van der Waals surface area contributed by atoms with Crippen molar-refractivity contribution in [3.63, 3.8) is 0 Å². The number of benzene rings is 1. The first-order chi connectivity index (χ1) is 9.00. The summed E-state index contributed by atoms with van der Waals surface area (Å²) in [4.78, 5) is 12.0. The van der Waals surface area contributed by atoms with E-state index >= 15 is 0 Å². The number of carbonyl (C=O) groups excluding carboxylic acids is 1. The molecule has 0 aliphatic rings. The Hall–Kier alpha value is -1.43. The van der Waals surface area contributed by atoms with Gasteiger partial charge in [-0.15, -0.1) is 11.3 Å². The van der Waals surface area contributed by atoms with E-state index in [-0.39, 0.29) is 12.6 Å². The molecule has 0 aliphatic carbocycles. The average molecular weight is 278 g/mol. The summed E-state index contributed by atoms with van der Waals surface area (Å²) in [6.45, 7) is 4.28. The number of primary amides is 1. The zero-order valence-corrected chi connectivity index (χ0v) is 11.8. The fourth-order valence-corrected chi connectivity index (χ4v) is 3.33. The van der Waals surface area contributed by atoms with Crippen LogP contribution in [0.15, 0.2) is 24.3 Å². The van der Waals surface area contributed by atoms with E-state index in [0.717, 1.165) is 0 Å². The Labute approximate surface area is 116 Å². The third kappa shape index (κ3) is 2.94. The number of hydrogen-bond acceptors (Lipinski definition) is 4. The standard InChI is InChI=1S/C14H18N2O2S/c1-8-10-5-3-4-6-12(10)19-13(8)9(2)16-7-11(17)14(15)18/h3-6,9,11,16-17H,7H2,1-2H3,(H2,15,18). The molecule has 0 saturated carbocycles. The molecule has 2 aromatic rings. The van der Waals surface area contributed by atoms with Gasteiger partial charge in [-0.2, -0.15) is 0 Å². The van der Waals surface area contributed by atoms with Crippen molar-refractivity contribution in [2.75, 3.05) is 6.54 Å². The fourth-order valence-electron chi connectivity index (χ4n) is 2.09. The summed E-state index contributed by atoms with van der Waals surface area (Å²) in [6.07, 6.45) is -1.14. The highest BCUT2D eigenvalue weighted by molar-refractivity contribution is 7.19. The van der Waals surface area contributed by atoms with Gasteiger partial charge in [0.2, 0.25) is 5.91 Å². The highest BCUT2D eigenvalue weighted by atomic mass is 32.1. The zero-order chi connectivity index (χ0) is 14.0. The van der Waals surface area contributed by atoms with Crippen LogP contribution < -0.4 is 11.1 Å². The molecule has 0 spiro atoms. The summed E-state index contributed by atoms with van der Waals surface area (Å²) in [5.74, 6) is -0.701. The maximum absolute atomic E-state index is 10.8. The minimum atomic E-state index is -1.14. The van der Waals surface area contributed by atoms with Crippen LogP contribution in [0.4, 0.5) is 0 Å². The molecule has 19 heavy (non-hydrogen) atoms. The highest BCUT2D eigenvalue weighted by Gasteiger charge is 2.16. The molecular formula is C14H18N2O2S. The SMILES string of the molecule is Cc1c(C(C)NCC(O)C(N)=O)sc2ccccc12. The number of fused-ring (bicyclic) bond motifs is 1. The molecule has 1 heterocycles. The maximum Gasteiger partial charge on any atom is 0.247 e. The number of aliphatic hydroxyl groups excluding tert-OH is 1. The molecule has 4 nitrogen and oxygen atoms in total. The minimum Gasteiger partial charge on any atom is -0.382 e. The molecule has 2 atom stereocenters. The first-order valence-corrected chi connectivity index (χ1v) is 7.01. The maximum atomic E-state index is 10.8. The minimum absolute atomic E-state index is 0.0754. The van der Waals surface area contributed by atoms with Crippen molar-refractivity contribution in [3.8, 4) is 0 Å². The van der Waals surface area contributed by atoms with E-state index in [9.17, 15) is 9.90 Å². The Morgan fingerprint density at radius 3 is 2.79 bits per heavy atom. The van der Waals surface area contributed by atoms with Gasteiger partial charge in [-0.3, -0.25) is 4.79 Å². The first kappa shape index (κ1) is 14.0. The Balaban J connectivity index is 2.15. The molecule has 2 rings (SSSR count). The van der Waals surface area contributed by atoms with Crippen LogP contribution in [0.25, 0.3) is 10.1 Å². The monoisotopic (exact) mass is 278 g/mol. The van der Waals surface area contributed by atoms with Gasteiger partial charge in [0.05, 0.1) is 0 Å². The van der Waals surface area contributed by atoms with Gasteiger partial charge < -0.3 is 16.2 Å². The summed E-state index contributed by atoms with van der Waals surface area (Å²) in [7, 11) is 0. The van der Waals surface area contributed by atoms with Gasteiger partial charge in [0.1, 0.15) is 6.10 Å². The number of nitrogens with one attached hydrogen (secondary N) is 1. The molecule has 2 unspecified atom stereocenters. The van der Waals surface area contributed by atoms with E-state index in [2.05, 4.69) is 24.4 Å². The van der Waals surface area contributed by atoms with E-state index < -0.39 is 12.0 Å². The first-order valence-electron chi connectivity index (χ1n) is 6.19. The topological polar surface area (TPSA) is 75.3 Å². The number of aryl methyl sites for hydroxylation is 1. The summed E-state index contributed by atoms with van der Waals surface area (Å²) in [5, 5.41) is 13.8. The third-order valence-corrected chi connectivity index (χ3v) is 4.68. The molecular weight excluding hydrogens is 260 g/mol. The molecule has 0 aliphatic heterocycles. The number of rotatable bonds is 5. The molecule has 0 radical (unpaired) electrons. The largest absolute Gasteiger partial charge is 0.382 e. The normalized spacial score (nSPS) is 14.5. The van der Waals surface area contributed by atoms with Crippen molar-refractivity contribution in [3.05, 3.63) is 34.7 Å². The Kier molecular flexibility index (Phi) is 4.19. The summed E-state index contributed by atoms with van der Waals surface area (Å²) in [5.41, 5.74) is 6.27. The van der Waals surface area contributed by atoms with E-state index in [1.54, 1.807) is 11.3 Å². The number of amides is 1. The number of aliphatic hydroxyl groups is 1. The van der Waals surface area contributed by atoms with Crippen molar-refractivity contribution in [1.82, 2.24) is 5.32 Å². The van der Waals surface area contributed by atoms with Crippen LogP contribution in [0.3, 0.4) is 0 Å². The lowest BCUT2D eigenvalue weighted by atomic mass is 10.1. The molecule has 1 aromatic carbocycles. The molecule has 0 saturated heterocycles. The van der Waals surface area contributed by atoms with Crippen LogP contribution in [0.2, 0.25) is 0 Å². The van der Waals surface area contributed by atoms with Crippen LogP contribution in [0.1, 0.15) is 23.4 Å². The van der Waals surface area contributed by atoms with E-state index in [0.29, 0.717) is 0 Å². The molecule has 0 bridgehead atoms. The molecule has 1 amide bonds. The lowest BCUT2D eigenvalue weighted by Crippen LogP contribution is -2.38. The Bertz CT molecular complexity index is 594. The van der Waals surface area contributed by atoms with Crippen molar-refractivity contribution in [2.24, 2.45) is 5.73 Å². The van der Waals surface area contributed by atoms with Gasteiger partial charge in [0, 0.05) is 22.2 Å². The summed E-state index contributed by atoms with van der Waals surface area (Å²) in [6, 6.07) is 8.33. The van der Waals surface area contributed by atoms with Gasteiger partial charge in [-0.1, -0.05) is 18.2 Å². The summed E-state index contributed by atoms with van der Waals surface area (Å²) < 4.78 is 1.25. The number of hydrogen-bond donors (Lipinski definition) is 3. The lowest BCUT2D eigenvalue weighted by molar-refractivity contribution is -0.125. The fraction of sp³-hybridized carbons (Fsp3) is 0.357. The molecule has 5 heteroatoms. The van der Waals surface area contributed by atoms with Gasteiger partial charge >= 0.3 is 0 Å². The van der Waals surface area contributed by atoms with Gasteiger partial charge in [0.25, 0.3) is 0 Å². The second-order valence-electron chi connectivity index (χ2n) is 4.64. The van der Waals surface area contributed by atoms with Gasteiger partial charge in [-0.25, -0.2) is 0 Å². The van der Waals surface area contributed by atoms with E-state index in [1.807, 2.05) is 19.1 Å². The molecule has 1 aromatic heterocycles. The lowest BCUT2D eigenvalue weighted by Gasteiger charge is -2.15. The van der Waals surface area contributed by atoms with E-state index in [4.69, 9.17) is 5.73 Å². The van der Waals surface area contributed by atoms with Gasteiger partial charge in [-0.05, 0) is 30.9 Å². The molecule has 4 N–H and O–H groups in total. The molecule has 102 valence electrons. The Morgan fingerprint density at radius 1 is 1.47 bits per heavy atom. The van der Waals surface area contributed by atoms with Crippen molar-refractivity contribution < 1.29 is 9.90 Å². The average Bonchev–Trinajstić information content (AvgIpc) is 2.73. The van der Waals surface area contributed by atoms with Crippen LogP contribution >= 0.6 is 11.3 Å². The second-order valence-corrected chi connectivity index (χ2v) is 5.72.